The third kappa shape index (κ3) is 6.23. The third-order valence-electron chi connectivity index (χ3n) is 5.02. The number of anilines is 1. The fourth-order valence-corrected chi connectivity index (χ4v) is 3.37. The van der Waals surface area contributed by atoms with Crippen molar-refractivity contribution in [1.29, 1.82) is 0 Å². The predicted octanol–water partition coefficient (Wildman–Crippen LogP) is 4.02. The molecular weight excluding hydrogens is 400 g/mol. The van der Waals surface area contributed by atoms with Gasteiger partial charge in [-0.3, -0.25) is 9.10 Å². The first-order chi connectivity index (χ1) is 13.8. The molecule has 30 heavy (non-hydrogen) atoms. The van der Waals surface area contributed by atoms with Gasteiger partial charge in [-0.15, -0.1) is 0 Å². The molecule has 0 saturated heterocycles. The molecule has 0 aromatic heterocycles. The highest BCUT2D eigenvalue weighted by Crippen LogP contribution is 2.24. The Kier molecular flexibility index (Phi) is 7.18. The minimum absolute atomic E-state index is 0.0824. The summed E-state index contributed by atoms with van der Waals surface area (Å²) >= 11 is 0. The summed E-state index contributed by atoms with van der Waals surface area (Å²) < 4.78 is 30.1. The lowest BCUT2D eigenvalue weighted by Gasteiger charge is -2.22. The molecule has 0 bridgehead atoms. The number of carbonyl (C=O) groups is 1. The number of hydrogen-bond acceptors (Lipinski definition) is 4. The van der Waals surface area contributed by atoms with E-state index in [-0.39, 0.29) is 17.4 Å². The fourth-order valence-electron chi connectivity index (χ4n) is 2.87. The standard InChI is InChI=1S/C23H32N2O4S/c1-16(18-8-10-19(11-9-18)23(3,4)5)24-22(26)17(2)29-21-14-12-20(13-15-21)25(6)30(7,27)28/h8-17H,1-7H3,(H,24,26)/t16-,17-/m0/s1. The summed E-state index contributed by atoms with van der Waals surface area (Å²) in [5.74, 6) is 0.269. The van der Waals surface area contributed by atoms with Crippen LogP contribution in [-0.4, -0.2) is 33.7 Å². The molecule has 1 N–H and O–H groups in total. The van der Waals surface area contributed by atoms with E-state index in [9.17, 15) is 13.2 Å². The van der Waals surface area contributed by atoms with Gasteiger partial charge in [-0.1, -0.05) is 45.0 Å². The SMILES string of the molecule is C[C@H](Oc1ccc(N(C)S(C)(=O)=O)cc1)C(=O)N[C@@H](C)c1ccc(C(C)(C)C)cc1. The number of carbonyl (C=O) groups excluding carboxylic acids is 1. The molecule has 0 aliphatic carbocycles. The molecule has 0 fully saturated rings. The number of amides is 1. The normalized spacial score (nSPS) is 14.0. The van der Waals surface area contributed by atoms with E-state index >= 15 is 0 Å². The molecule has 0 radical (unpaired) electrons. The fraction of sp³-hybridized carbons (Fsp3) is 0.435. The number of sulfonamides is 1. The summed E-state index contributed by atoms with van der Waals surface area (Å²) in [5, 5.41) is 2.97. The summed E-state index contributed by atoms with van der Waals surface area (Å²) in [4.78, 5) is 12.5. The summed E-state index contributed by atoms with van der Waals surface area (Å²) in [6.07, 6.45) is 0.446. The number of rotatable bonds is 7. The Hall–Kier alpha value is -2.54. The van der Waals surface area contributed by atoms with Crippen LogP contribution in [0.4, 0.5) is 5.69 Å². The molecule has 1 amide bonds. The molecule has 2 aromatic rings. The Morgan fingerprint density at radius 3 is 2.00 bits per heavy atom. The van der Waals surface area contributed by atoms with Crippen LogP contribution in [0.2, 0.25) is 0 Å². The summed E-state index contributed by atoms with van der Waals surface area (Å²) in [6.45, 7) is 10.1. The van der Waals surface area contributed by atoms with E-state index in [1.165, 1.54) is 16.9 Å². The Bertz CT molecular complexity index is 962. The van der Waals surface area contributed by atoms with E-state index in [4.69, 9.17) is 4.74 Å². The highest BCUT2D eigenvalue weighted by atomic mass is 32.2. The van der Waals surface area contributed by atoms with Crippen LogP contribution in [0, 0.1) is 0 Å². The first-order valence-electron chi connectivity index (χ1n) is 9.90. The smallest absolute Gasteiger partial charge is 0.261 e. The van der Waals surface area contributed by atoms with Crippen LogP contribution in [0.5, 0.6) is 5.75 Å². The lowest BCUT2D eigenvalue weighted by molar-refractivity contribution is -0.127. The van der Waals surface area contributed by atoms with E-state index in [0.29, 0.717) is 11.4 Å². The Morgan fingerprint density at radius 2 is 1.53 bits per heavy atom. The highest BCUT2D eigenvalue weighted by Gasteiger charge is 2.19. The van der Waals surface area contributed by atoms with Gasteiger partial charge in [0.1, 0.15) is 5.75 Å². The number of benzene rings is 2. The van der Waals surface area contributed by atoms with Gasteiger partial charge in [0, 0.05) is 7.05 Å². The summed E-state index contributed by atoms with van der Waals surface area (Å²) in [7, 11) is -1.84. The zero-order valence-electron chi connectivity index (χ0n) is 18.8. The van der Waals surface area contributed by atoms with Crippen molar-refractivity contribution in [3.63, 3.8) is 0 Å². The van der Waals surface area contributed by atoms with Gasteiger partial charge in [0.15, 0.2) is 6.10 Å². The van der Waals surface area contributed by atoms with Crippen LogP contribution in [0.25, 0.3) is 0 Å². The largest absolute Gasteiger partial charge is 0.481 e. The number of nitrogens with one attached hydrogen (secondary N) is 1. The molecule has 0 heterocycles. The van der Waals surface area contributed by atoms with Crippen LogP contribution in [0.15, 0.2) is 48.5 Å². The molecule has 6 nitrogen and oxygen atoms in total. The van der Waals surface area contributed by atoms with Crippen molar-refractivity contribution >= 4 is 21.6 Å². The monoisotopic (exact) mass is 432 g/mol. The molecule has 0 spiro atoms. The number of nitrogens with zero attached hydrogens (tertiary/aromatic N) is 1. The average molecular weight is 433 g/mol. The van der Waals surface area contributed by atoms with E-state index in [1.54, 1.807) is 31.2 Å². The van der Waals surface area contributed by atoms with E-state index in [2.05, 4.69) is 38.2 Å². The van der Waals surface area contributed by atoms with Crippen LogP contribution in [0.3, 0.4) is 0 Å². The van der Waals surface area contributed by atoms with Crippen molar-refractivity contribution in [2.24, 2.45) is 0 Å². The third-order valence-corrected chi connectivity index (χ3v) is 6.22. The van der Waals surface area contributed by atoms with Crippen molar-refractivity contribution in [2.75, 3.05) is 17.6 Å². The zero-order chi connectivity index (χ0) is 22.7. The molecule has 2 atom stereocenters. The van der Waals surface area contributed by atoms with Gasteiger partial charge in [0.25, 0.3) is 5.91 Å². The first-order valence-corrected chi connectivity index (χ1v) is 11.8. The maximum atomic E-state index is 12.5. The maximum absolute atomic E-state index is 12.5. The number of hydrogen-bond donors (Lipinski definition) is 1. The quantitative estimate of drug-likeness (QED) is 0.717. The predicted molar refractivity (Wildman–Crippen MR) is 121 cm³/mol. The molecule has 164 valence electrons. The van der Waals surface area contributed by atoms with Gasteiger partial charge in [0.05, 0.1) is 18.0 Å². The molecule has 2 rings (SSSR count). The van der Waals surface area contributed by atoms with E-state index in [0.717, 1.165) is 11.8 Å². The molecule has 0 saturated carbocycles. The van der Waals surface area contributed by atoms with Gasteiger partial charge in [-0.05, 0) is 54.7 Å². The zero-order valence-corrected chi connectivity index (χ0v) is 19.6. The lowest BCUT2D eigenvalue weighted by atomic mass is 9.86. The summed E-state index contributed by atoms with van der Waals surface area (Å²) in [6, 6.07) is 14.7. The second kappa shape index (κ2) is 9.08. The maximum Gasteiger partial charge on any atom is 0.261 e. The molecule has 2 aromatic carbocycles. The Labute approximate surface area is 180 Å². The first kappa shape index (κ1) is 23.7. The van der Waals surface area contributed by atoms with Crippen molar-refractivity contribution < 1.29 is 17.9 Å². The van der Waals surface area contributed by atoms with Crippen molar-refractivity contribution in [2.45, 2.75) is 52.2 Å². The van der Waals surface area contributed by atoms with Gasteiger partial charge in [-0.25, -0.2) is 8.42 Å². The molecule has 0 unspecified atom stereocenters. The molecule has 0 aliphatic rings. The van der Waals surface area contributed by atoms with Crippen molar-refractivity contribution in [3.8, 4) is 5.75 Å². The van der Waals surface area contributed by atoms with E-state index < -0.39 is 16.1 Å². The van der Waals surface area contributed by atoms with E-state index in [1.807, 2.05) is 19.1 Å². The lowest BCUT2D eigenvalue weighted by Crippen LogP contribution is -2.37. The molecular formula is C23H32N2O4S. The Balaban J connectivity index is 1.97. The average Bonchev–Trinajstić information content (AvgIpc) is 2.66. The van der Waals surface area contributed by atoms with Gasteiger partial charge < -0.3 is 10.1 Å². The second-order valence-electron chi connectivity index (χ2n) is 8.59. The van der Waals surface area contributed by atoms with Crippen LogP contribution in [0.1, 0.15) is 51.8 Å². The van der Waals surface area contributed by atoms with Gasteiger partial charge in [0.2, 0.25) is 10.0 Å². The minimum Gasteiger partial charge on any atom is -0.481 e. The van der Waals surface area contributed by atoms with Crippen LogP contribution in [-0.2, 0) is 20.2 Å². The van der Waals surface area contributed by atoms with Crippen molar-refractivity contribution in [3.05, 3.63) is 59.7 Å². The van der Waals surface area contributed by atoms with Crippen LogP contribution < -0.4 is 14.4 Å². The topological polar surface area (TPSA) is 75.7 Å². The second-order valence-corrected chi connectivity index (χ2v) is 10.6. The highest BCUT2D eigenvalue weighted by molar-refractivity contribution is 7.92. The molecule has 7 heteroatoms. The van der Waals surface area contributed by atoms with Gasteiger partial charge in [-0.2, -0.15) is 0 Å². The van der Waals surface area contributed by atoms with Crippen molar-refractivity contribution in [1.82, 2.24) is 5.32 Å². The van der Waals surface area contributed by atoms with Gasteiger partial charge >= 0.3 is 0 Å². The minimum atomic E-state index is -3.33. The molecule has 0 aliphatic heterocycles. The Morgan fingerprint density at radius 1 is 1.00 bits per heavy atom. The van der Waals surface area contributed by atoms with Crippen LogP contribution >= 0.6 is 0 Å². The summed E-state index contributed by atoms with van der Waals surface area (Å²) in [5.41, 5.74) is 2.87. The number of ether oxygens (including phenoxy) is 1.